The van der Waals surface area contributed by atoms with Gasteiger partial charge < -0.3 is 10.2 Å². The molecule has 2 heterocycles. The van der Waals surface area contributed by atoms with E-state index in [0.717, 1.165) is 23.4 Å². The summed E-state index contributed by atoms with van der Waals surface area (Å²) < 4.78 is 0. The number of nitrogens with zero attached hydrogens (tertiary/aromatic N) is 3. The highest BCUT2D eigenvalue weighted by Gasteiger charge is 2.42. The largest absolute Gasteiger partial charge is 0.338 e. The second kappa shape index (κ2) is 7.76. The van der Waals surface area contributed by atoms with Gasteiger partial charge in [-0.25, -0.2) is 0 Å². The van der Waals surface area contributed by atoms with Crippen molar-refractivity contribution in [3.63, 3.8) is 0 Å². The summed E-state index contributed by atoms with van der Waals surface area (Å²) in [6, 6.07) is 9.48. The average molecular weight is 385 g/mol. The van der Waals surface area contributed by atoms with E-state index < -0.39 is 5.92 Å². The Balaban J connectivity index is 1.48. The third-order valence-electron chi connectivity index (χ3n) is 5.69. The molecule has 6 nitrogen and oxygen atoms in total. The third kappa shape index (κ3) is 3.74. The molecule has 2 aliphatic rings. The fourth-order valence-electron chi connectivity index (χ4n) is 4.21. The minimum Gasteiger partial charge on any atom is -0.338 e. The lowest BCUT2D eigenvalue weighted by Gasteiger charge is -2.24. The molecule has 1 N–H and O–H groups in total. The van der Waals surface area contributed by atoms with Crippen LogP contribution in [0, 0.1) is 5.92 Å². The predicted octanol–water partition coefficient (Wildman–Crippen LogP) is 3.74. The highest BCUT2D eigenvalue weighted by Crippen LogP contribution is 2.39. The molecule has 1 aliphatic heterocycles. The van der Waals surface area contributed by atoms with Gasteiger partial charge in [-0.3, -0.25) is 9.59 Å². The molecule has 4 rings (SSSR count). The van der Waals surface area contributed by atoms with E-state index in [0.29, 0.717) is 11.0 Å². The molecule has 27 heavy (non-hydrogen) atoms. The maximum absolute atomic E-state index is 12.9. The minimum absolute atomic E-state index is 0.0100. The van der Waals surface area contributed by atoms with Gasteiger partial charge in [-0.15, -0.1) is 10.2 Å². The van der Waals surface area contributed by atoms with Crippen LogP contribution in [-0.4, -0.2) is 34.0 Å². The molecule has 1 aromatic heterocycles. The van der Waals surface area contributed by atoms with Crippen molar-refractivity contribution in [3.8, 4) is 0 Å². The maximum Gasteiger partial charge on any atom is 0.232 e. The van der Waals surface area contributed by atoms with Crippen molar-refractivity contribution in [2.45, 2.75) is 50.5 Å². The summed E-state index contributed by atoms with van der Waals surface area (Å²) in [6.07, 6.45) is 6.29. The van der Waals surface area contributed by atoms with Crippen LogP contribution in [0.1, 0.15) is 61.1 Å². The Kier molecular flexibility index (Phi) is 5.20. The number of rotatable bonds is 4. The number of nitrogens with one attached hydrogen (secondary N) is 1. The molecular formula is C20H24N4O2S. The Labute approximate surface area is 163 Å². The zero-order valence-corrected chi connectivity index (χ0v) is 16.2. The van der Waals surface area contributed by atoms with Crippen LogP contribution in [-0.2, 0) is 9.59 Å². The second-order valence-electron chi connectivity index (χ2n) is 7.44. The summed E-state index contributed by atoms with van der Waals surface area (Å²) in [5.41, 5.74) is 0.978. The number of benzene rings is 1. The van der Waals surface area contributed by atoms with E-state index in [2.05, 4.69) is 15.5 Å². The second-order valence-corrected chi connectivity index (χ2v) is 8.45. The molecule has 142 valence electrons. The number of carbonyl (C=O) groups excluding carboxylic acids is 2. The van der Waals surface area contributed by atoms with Crippen LogP contribution < -0.4 is 5.32 Å². The summed E-state index contributed by atoms with van der Waals surface area (Å²) in [5.74, 6) is -0.123. The van der Waals surface area contributed by atoms with Crippen molar-refractivity contribution in [3.05, 3.63) is 40.9 Å². The van der Waals surface area contributed by atoms with Gasteiger partial charge in [0.15, 0.2) is 0 Å². The van der Waals surface area contributed by atoms with Crippen LogP contribution in [0.3, 0.4) is 0 Å². The monoisotopic (exact) mass is 384 g/mol. The lowest BCUT2D eigenvalue weighted by molar-refractivity contribution is -0.127. The molecule has 2 unspecified atom stereocenters. The number of likely N-dealkylation sites (tertiary alicyclic amines) is 1. The molecule has 1 aliphatic carbocycles. The fourth-order valence-corrected chi connectivity index (χ4v) is 5.12. The first-order valence-corrected chi connectivity index (χ1v) is 10.4. The quantitative estimate of drug-likeness (QED) is 0.871. The predicted molar refractivity (Wildman–Crippen MR) is 104 cm³/mol. The highest BCUT2D eigenvalue weighted by molar-refractivity contribution is 7.15. The Morgan fingerprint density at radius 1 is 1.15 bits per heavy atom. The Bertz CT molecular complexity index is 816. The molecule has 1 aromatic carbocycles. The number of amides is 2. The van der Waals surface area contributed by atoms with E-state index in [-0.39, 0.29) is 24.3 Å². The first kappa shape index (κ1) is 18.1. The number of anilines is 1. The SMILES string of the molecule is CN1C(=O)CC(C(=O)Nc2nnc(C3CCCCC3)s2)C1c1ccccc1. The molecule has 2 aromatic rings. The van der Waals surface area contributed by atoms with Crippen molar-refractivity contribution in [2.75, 3.05) is 12.4 Å². The number of carbonyl (C=O) groups is 2. The molecule has 2 atom stereocenters. The summed E-state index contributed by atoms with van der Waals surface area (Å²) in [5, 5.41) is 12.9. The van der Waals surface area contributed by atoms with Gasteiger partial charge in [0.25, 0.3) is 0 Å². The molecule has 1 saturated carbocycles. The van der Waals surface area contributed by atoms with Crippen LogP contribution in [0.25, 0.3) is 0 Å². The summed E-state index contributed by atoms with van der Waals surface area (Å²) in [4.78, 5) is 26.9. The van der Waals surface area contributed by atoms with Gasteiger partial charge in [0.05, 0.1) is 12.0 Å². The lowest BCUT2D eigenvalue weighted by Crippen LogP contribution is -2.29. The van der Waals surface area contributed by atoms with E-state index in [1.165, 1.54) is 30.6 Å². The van der Waals surface area contributed by atoms with Gasteiger partial charge in [0.2, 0.25) is 16.9 Å². The minimum atomic E-state index is -0.424. The van der Waals surface area contributed by atoms with Crippen LogP contribution >= 0.6 is 11.3 Å². The first-order valence-electron chi connectivity index (χ1n) is 9.58. The van der Waals surface area contributed by atoms with Crippen LogP contribution in [0.4, 0.5) is 5.13 Å². The summed E-state index contributed by atoms with van der Waals surface area (Å²) in [7, 11) is 1.76. The standard InChI is InChI=1S/C20H24N4O2S/c1-24-16(25)12-15(17(24)13-8-4-2-5-9-13)18(26)21-20-23-22-19(27-20)14-10-6-3-7-11-14/h2,4-5,8-9,14-15,17H,3,6-7,10-12H2,1H3,(H,21,23,26). The smallest absolute Gasteiger partial charge is 0.232 e. The van der Waals surface area contributed by atoms with Crippen molar-refractivity contribution >= 4 is 28.3 Å². The van der Waals surface area contributed by atoms with Gasteiger partial charge in [-0.05, 0) is 18.4 Å². The van der Waals surface area contributed by atoms with Crippen LogP contribution in [0.5, 0.6) is 0 Å². The zero-order valence-electron chi connectivity index (χ0n) is 15.4. The van der Waals surface area contributed by atoms with Crippen molar-refractivity contribution < 1.29 is 9.59 Å². The molecule has 0 bridgehead atoms. The Morgan fingerprint density at radius 2 is 1.89 bits per heavy atom. The Morgan fingerprint density at radius 3 is 2.63 bits per heavy atom. The molecule has 2 fully saturated rings. The van der Waals surface area contributed by atoms with Gasteiger partial charge in [-0.2, -0.15) is 0 Å². The molecule has 0 radical (unpaired) electrons. The van der Waals surface area contributed by atoms with E-state index in [4.69, 9.17) is 0 Å². The van der Waals surface area contributed by atoms with E-state index >= 15 is 0 Å². The van der Waals surface area contributed by atoms with Crippen molar-refractivity contribution in [1.82, 2.24) is 15.1 Å². The maximum atomic E-state index is 12.9. The number of hydrogen-bond acceptors (Lipinski definition) is 5. The summed E-state index contributed by atoms with van der Waals surface area (Å²) in [6.45, 7) is 0. The molecule has 0 spiro atoms. The zero-order chi connectivity index (χ0) is 18.8. The molecule has 7 heteroatoms. The highest BCUT2D eigenvalue weighted by atomic mass is 32.1. The van der Waals surface area contributed by atoms with Gasteiger partial charge in [0, 0.05) is 19.4 Å². The summed E-state index contributed by atoms with van der Waals surface area (Å²) >= 11 is 1.47. The van der Waals surface area contributed by atoms with Crippen molar-refractivity contribution in [2.24, 2.45) is 5.92 Å². The van der Waals surface area contributed by atoms with Crippen LogP contribution in [0.2, 0.25) is 0 Å². The molecular weight excluding hydrogens is 360 g/mol. The number of hydrogen-bond donors (Lipinski definition) is 1. The van der Waals surface area contributed by atoms with Crippen LogP contribution in [0.15, 0.2) is 30.3 Å². The average Bonchev–Trinajstić information content (AvgIpc) is 3.28. The van der Waals surface area contributed by atoms with E-state index in [1.807, 2.05) is 30.3 Å². The fraction of sp³-hybridized carbons (Fsp3) is 0.500. The first-order chi connectivity index (χ1) is 13.1. The van der Waals surface area contributed by atoms with Gasteiger partial charge >= 0.3 is 0 Å². The van der Waals surface area contributed by atoms with Gasteiger partial charge in [0.1, 0.15) is 5.01 Å². The lowest BCUT2D eigenvalue weighted by atomic mass is 9.90. The normalized spacial score (nSPS) is 23.6. The van der Waals surface area contributed by atoms with Crippen molar-refractivity contribution in [1.29, 1.82) is 0 Å². The topological polar surface area (TPSA) is 75.2 Å². The Hall–Kier alpha value is -2.28. The molecule has 1 saturated heterocycles. The third-order valence-corrected chi connectivity index (χ3v) is 6.69. The van der Waals surface area contributed by atoms with Gasteiger partial charge in [-0.1, -0.05) is 60.9 Å². The van der Waals surface area contributed by atoms with E-state index in [9.17, 15) is 9.59 Å². The number of aromatic nitrogens is 2. The molecule has 2 amide bonds. The van der Waals surface area contributed by atoms with E-state index in [1.54, 1.807) is 11.9 Å².